The summed E-state index contributed by atoms with van der Waals surface area (Å²) in [6, 6.07) is 3.03. The topological polar surface area (TPSA) is 29.3 Å². The Labute approximate surface area is 126 Å². The van der Waals surface area contributed by atoms with Crippen LogP contribution in [0.3, 0.4) is 0 Å². The maximum absolute atomic E-state index is 13.8. The van der Waals surface area contributed by atoms with Crippen LogP contribution < -0.4 is 5.73 Å². The molecule has 1 saturated heterocycles. The van der Waals surface area contributed by atoms with Crippen LogP contribution >= 0.6 is 0 Å². The average molecular weight is 296 g/mol. The van der Waals surface area contributed by atoms with E-state index in [0.717, 1.165) is 44.0 Å². The fourth-order valence-corrected chi connectivity index (χ4v) is 3.21. The van der Waals surface area contributed by atoms with Crippen molar-refractivity contribution in [3.05, 3.63) is 35.4 Å². The van der Waals surface area contributed by atoms with Gasteiger partial charge in [0, 0.05) is 18.2 Å². The first-order valence-corrected chi connectivity index (χ1v) is 7.90. The van der Waals surface area contributed by atoms with E-state index in [9.17, 15) is 8.78 Å². The van der Waals surface area contributed by atoms with Gasteiger partial charge in [-0.1, -0.05) is 13.8 Å². The summed E-state index contributed by atoms with van der Waals surface area (Å²) in [5.41, 5.74) is 6.37. The van der Waals surface area contributed by atoms with Gasteiger partial charge in [0.25, 0.3) is 0 Å². The van der Waals surface area contributed by atoms with Crippen LogP contribution in [-0.2, 0) is 0 Å². The Morgan fingerprint density at radius 1 is 1.24 bits per heavy atom. The molecule has 1 aliphatic rings. The predicted octanol–water partition coefficient (Wildman–Crippen LogP) is 3.72. The SMILES string of the molecule is CC(C)C1CCCN(CC(N)c2cc(F)ccc2F)CC1. The average Bonchev–Trinajstić information content (AvgIpc) is 2.67. The largest absolute Gasteiger partial charge is 0.323 e. The highest BCUT2D eigenvalue weighted by atomic mass is 19.1. The third-order valence-corrected chi connectivity index (χ3v) is 4.62. The van der Waals surface area contributed by atoms with Crippen LogP contribution in [0.4, 0.5) is 8.78 Å². The molecule has 0 aromatic heterocycles. The van der Waals surface area contributed by atoms with Crippen LogP contribution in [0.5, 0.6) is 0 Å². The summed E-state index contributed by atoms with van der Waals surface area (Å²) in [5.74, 6) is 0.618. The predicted molar refractivity (Wildman–Crippen MR) is 81.9 cm³/mol. The molecule has 0 saturated carbocycles. The van der Waals surface area contributed by atoms with E-state index in [2.05, 4.69) is 18.7 Å². The van der Waals surface area contributed by atoms with Crippen molar-refractivity contribution in [2.24, 2.45) is 17.6 Å². The fourth-order valence-electron chi connectivity index (χ4n) is 3.21. The molecule has 0 amide bonds. The highest BCUT2D eigenvalue weighted by molar-refractivity contribution is 5.22. The molecule has 1 aliphatic heterocycles. The van der Waals surface area contributed by atoms with Crippen LogP contribution in [0.25, 0.3) is 0 Å². The molecule has 1 heterocycles. The van der Waals surface area contributed by atoms with Crippen molar-refractivity contribution in [1.29, 1.82) is 0 Å². The minimum absolute atomic E-state index is 0.277. The molecule has 2 unspecified atom stereocenters. The number of nitrogens with zero attached hydrogens (tertiary/aromatic N) is 1. The van der Waals surface area contributed by atoms with Crippen LogP contribution in [-0.4, -0.2) is 24.5 Å². The lowest BCUT2D eigenvalue weighted by molar-refractivity contribution is 0.256. The van der Waals surface area contributed by atoms with Gasteiger partial charge in [-0.25, -0.2) is 8.78 Å². The molecule has 0 spiro atoms. The molecule has 2 nitrogen and oxygen atoms in total. The number of hydrogen-bond donors (Lipinski definition) is 1. The first kappa shape index (κ1) is 16.4. The second-order valence-electron chi connectivity index (χ2n) is 6.51. The molecule has 118 valence electrons. The zero-order valence-corrected chi connectivity index (χ0v) is 13.0. The van der Waals surface area contributed by atoms with Crippen molar-refractivity contribution >= 4 is 0 Å². The maximum Gasteiger partial charge on any atom is 0.128 e. The summed E-state index contributed by atoms with van der Waals surface area (Å²) in [6.07, 6.45) is 3.56. The van der Waals surface area contributed by atoms with Gasteiger partial charge in [-0.3, -0.25) is 0 Å². The summed E-state index contributed by atoms with van der Waals surface area (Å²) in [7, 11) is 0. The smallest absolute Gasteiger partial charge is 0.128 e. The first-order chi connectivity index (χ1) is 9.97. The molecule has 2 rings (SSSR count). The fraction of sp³-hybridized carbons (Fsp3) is 0.647. The second-order valence-corrected chi connectivity index (χ2v) is 6.51. The van der Waals surface area contributed by atoms with Crippen LogP contribution in [0.1, 0.15) is 44.7 Å². The molecule has 2 atom stereocenters. The highest BCUT2D eigenvalue weighted by Gasteiger charge is 2.22. The van der Waals surface area contributed by atoms with E-state index >= 15 is 0 Å². The van der Waals surface area contributed by atoms with E-state index in [4.69, 9.17) is 5.73 Å². The van der Waals surface area contributed by atoms with Crippen molar-refractivity contribution in [1.82, 2.24) is 4.90 Å². The lowest BCUT2D eigenvalue weighted by Crippen LogP contribution is -2.33. The standard InChI is InChI=1S/C17H26F2N2/c1-12(2)13-4-3-8-21(9-7-13)11-17(20)15-10-14(18)5-6-16(15)19/h5-6,10,12-13,17H,3-4,7-9,11,20H2,1-2H3. The molecule has 0 aliphatic carbocycles. The van der Waals surface area contributed by atoms with Crippen molar-refractivity contribution in [3.8, 4) is 0 Å². The minimum atomic E-state index is -0.476. The number of halogens is 2. The zero-order valence-electron chi connectivity index (χ0n) is 13.0. The Hall–Kier alpha value is -1.00. The highest BCUT2D eigenvalue weighted by Crippen LogP contribution is 2.26. The third-order valence-electron chi connectivity index (χ3n) is 4.62. The van der Waals surface area contributed by atoms with Crippen molar-refractivity contribution < 1.29 is 8.78 Å². The molecule has 1 aromatic rings. The van der Waals surface area contributed by atoms with Gasteiger partial charge in [0.2, 0.25) is 0 Å². The van der Waals surface area contributed by atoms with Gasteiger partial charge in [0.05, 0.1) is 0 Å². The van der Waals surface area contributed by atoms with E-state index in [-0.39, 0.29) is 5.56 Å². The molecule has 1 aromatic carbocycles. The van der Waals surface area contributed by atoms with Crippen molar-refractivity contribution in [3.63, 3.8) is 0 Å². The molecular weight excluding hydrogens is 270 g/mol. The first-order valence-electron chi connectivity index (χ1n) is 7.90. The third kappa shape index (κ3) is 4.48. The Bertz CT molecular complexity index is 462. The summed E-state index contributed by atoms with van der Waals surface area (Å²) in [6.45, 7) is 7.12. The van der Waals surface area contributed by atoms with E-state index in [1.165, 1.54) is 12.5 Å². The van der Waals surface area contributed by atoms with Gasteiger partial charge in [0.1, 0.15) is 11.6 Å². The van der Waals surface area contributed by atoms with Gasteiger partial charge in [-0.2, -0.15) is 0 Å². The van der Waals surface area contributed by atoms with Crippen molar-refractivity contribution in [2.45, 2.75) is 39.2 Å². The summed E-state index contributed by atoms with van der Waals surface area (Å²) >= 11 is 0. The number of hydrogen-bond acceptors (Lipinski definition) is 2. The lowest BCUT2D eigenvalue weighted by Gasteiger charge is -2.25. The Balaban J connectivity index is 1.96. The Morgan fingerprint density at radius 3 is 2.71 bits per heavy atom. The van der Waals surface area contributed by atoms with Gasteiger partial charge < -0.3 is 10.6 Å². The van der Waals surface area contributed by atoms with Crippen LogP contribution in [0, 0.1) is 23.5 Å². The van der Waals surface area contributed by atoms with E-state index in [1.54, 1.807) is 0 Å². The molecule has 0 radical (unpaired) electrons. The van der Waals surface area contributed by atoms with Gasteiger partial charge in [0.15, 0.2) is 0 Å². The normalized spacial score (nSPS) is 22.3. The number of benzene rings is 1. The lowest BCUT2D eigenvalue weighted by atomic mass is 9.89. The summed E-state index contributed by atoms with van der Waals surface area (Å²) < 4.78 is 27.0. The Kier molecular flexibility index (Phi) is 5.71. The molecule has 1 fully saturated rings. The van der Waals surface area contributed by atoms with Crippen LogP contribution in [0.15, 0.2) is 18.2 Å². The van der Waals surface area contributed by atoms with E-state index in [0.29, 0.717) is 12.5 Å². The zero-order chi connectivity index (χ0) is 15.4. The molecular formula is C17H26F2N2. The molecule has 4 heteroatoms. The van der Waals surface area contributed by atoms with E-state index in [1.807, 2.05) is 0 Å². The van der Waals surface area contributed by atoms with Gasteiger partial charge >= 0.3 is 0 Å². The Morgan fingerprint density at radius 2 is 2.00 bits per heavy atom. The monoisotopic (exact) mass is 296 g/mol. The molecule has 2 N–H and O–H groups in total. The van der Waals surface area contributed by atoms with Gasteiger partial charge in [-0.05, 0) is 62.4 Å². The number of nitrogens with two attached hydrogens (primary N) is 1. The quantitative estimate of drug-likeness (QED) is 0.917. The van der Waals surface area contributed by atoms with Gasteiger partial charge in [-0.15, -0.1) is 0 Å². The molecule has 21 heavy (non-hydrogen) atoms. The minimum Gasteiger partial charge on any atom is -0.323 e. The number of rotatable bonds is 4. The summed E-state index contributed by atoms with van der Waals surface area (Å²) in [4.78, 5) is 2.29. The van der Waals surface area contributed by atoms with Crippen LogP contribution in [0.2, 0.25) is 0 Å². The maximum atomic E-state index is 13.8. The molecule has 0 bridgehead atoms. The number of likely N-dealkylation sites (tertiary alicyclic amines) is 1. The second kappa shape index (κ2) is 7.32. The summed E-state index contributed by atoms with van der Waals surface area (Å²) in [5, 5.41) is 0. The van der Waals surface area contributed by atoms with Crippen molar-refractivity contribution in [2.75, 3.05) is 19.6 Å². The van der Waals surface area contributed by atoms with E-state index < -0.39 is 17.7 Å².